The lowest BCUT2D eigenvalue weighted by atomic mass is 10.0. The van der Waals surface area contributed by atoms with Gasteiger partial charge in [0, 0.05) is 7.05 Å². The Hall–Kier alpha value is -1.32. The van der Waals surface area contributed by atoms with Crippen molar-refractivity contribution in [3.63, 3.8) is 0 Å². The minimum atomic E-state index is -0.490. The fourth-order valence-electron chi connectivity index (χ4n) is 0.903. The maximum atomic E-state index is 11.2. The van der Waals surface area contributed by atoms with Gasteiger partial charge in [-0.05, 0) is 12.0 Å². The van der Waals surface area contributed by atoms with E-state index in [1.807, 2.05) is 13.8 Å². The standard InChI is InChI=1S/C9H16N2O2/c1-5-7(12)11-8(6(2)3)9(13)10-4/h5-6,8H,1H2,2-4H3,(H,10,13)(H,11,12)/t8-/m0/s1. The predicted octanol–water partition coefficient (Wildman–Crippen LogP) is 0.0592. The van der Waals surface area contributed by atoms with Crippen molar-refractivity contribution in [1.82, 2.24) is 10.6 Å². The molecule has 0 unspecified atom stereocenters. The third kappa shape index (κ3) is 3.73. The number of hydrogen-bond donors (Lipinski definition) is 2. The highest BCUT2D eigenvalue weighted by Gasteiger charge is 2.21. The summed E-state index contributed by atoms with van der Waals surface area (Å²) < 4.78 is 0. The number of hydrogen-bond acceptors (Lipinski definition) is 2. The molecular formula is C9H16N2O2. The summed E-state index contributed by atoms with van der Waals surface area (Å²) in [7, 11) is 1.54. The van der Waals surface area contributed by atoms with Crippen molar-refractivity contribution in [3.8, 4) is 0 Å². The molecule has 0 aliphatic rings. The summed E-state index contributed by atoms with van der Waals surface area (Å²) in [6, 6.07) is -0.490. The second-order valence-corrected chi connectivity index (χ2v) is 3.05. The fraction of sp³-hybridized carbons (Fsp3) is 0.556. The molecular weight excluding hydrogens is 168 g/mol. The SMILES string of the molecule is C=CC(=O)N[C@H](C(=O)NC)C(C)C. The normalized spacial score (nSPS) is 12.0. The van der Waals surface area contributed by atoms with Crippen molar-refractivity contribution in [1.29, 1.82) is 0 Å². The van der Waals surface area contributed by atoms with Crippen LogP contribution in [0.2, 0.25) is 0 Å². The van der Waals surface area contributed by atoms with Crippen LogP contribution in [-0.2, 0) is 9.59 Å². The average molecular weight is 184 g/mol. The zero-order valence-electron chi connectivity index (χ0n) is 8.26. The number of amides is 2. The fourth-order valence-corrected chi connectivity index (χ4v) is 0.903. The van der Waals surface area contributed by atoms with Crippen LogP contribution >= 0.6 is 0 Å². The van der Waals surface area contributed by atoms with E-state index < -0.39 is 6.04 Å². The quantitative estimate of drug-likeness (QED) is 0.607. The van der Waals surface area contributed by atoms with Gasteiger partial charge >= 0.3 is 0 Å². The monoisotopic (exact) mass is 184 g/mol. The average Bonchev–Trinajstić information content (AvgIpc) is 2.11. The Balaban J connectivity index is 4.34. The Morgan fingerprint density at radius 3 is 2.23 bits per heavy atom. The number of likely N-dealkylation sites (N-methyl/N-ethyl adjacent to an activating group) is 1. The molecule has 2 N–H and O–H groups in total. The lowest BCUT2D eigenvalue weighted by Gasteiger charge is -2.19. The minimum absolute atomic E-state index is 0.0591. The molecule has 13 heavy (non-hydrogen) atoms. The summed E-state index contributed by atoms with van der Waals surface area (Å²) in [5.41, 5.74) is 0. The molecule has 74 valence electrons. The van der Waals surface area contributed by atoms with E-state index in [0.717, 1.165) is 6.08 Å². The van der Waals surface area contributed by atoms with Crippen LogP contribution in [0.1, 0.15) is 13.8 Å². The molecule has 4 heteroatoms. The van der Waals surface area contributed by atoms with Gasteiger partial charge in [0.2, 0.25) is 11.8 Å². The molecule has 0 saturated heterocycles. The first kappa shape index (κ1) is 11.7. The summed E-state index contributed by atoms with van der Waals surface area (Å²) in [6.45, 7) is 7.04. The number of nitrogens with one attached hydrogen (secondary N) is 2. The van der Waals surface area contributed by atoms with Gasteiger partial charge in [-0.15, -0.1) is 0 Å². The number of carbonyl (C=O) groups excluding carboxylic acids is 2. The molecule has 0 rings (SSSR count). The number of rotatable bonds is 4. The van der Waals surface area contributed by atoms with Crippen LogP contribution < -0.4 is 10.6 Å². The summed E-state index contributed by atoms with van der Waals surface area (Å²) >= 11 is 0. The molecule has 0 radical (unpaired) electrons. The highest BCUT2D eigenvalue weighted by atomic mass is 16.2. The van der Waals surface area contributed by atoms with Crippen LogP contribution in [0.4, 0.5) is 0 Å². The largest absolute Gasteiger partial charge is 0.357 e. The van der Waals surface area contributed by atoms with Gasteiger partial charge in [0.15, 0.2) is 0 Å². The van der Waals surface area contributed by atoms with E-state index >= 15 is 0 Å². The molecule has 0 aromatic heterocycles. The molecule has 4 nitrogen and oxygen atoms in total. The van der Waals surface area contributed by atoms with Crippen molar-refractivity contribution in [3.05, 3.63) is 12.7 Å². The van der Waals surface area contributed by atoms with Gasteiger partial charge in [0.1, 0.15) is 6.04 Å². The van der Waals surface area contributed by atoms with E-state index in [-0.39, 0.29) is 17.7 Å². The molecule has 0 aromatic carbocycles. The van der Waals surface area contributed by atoms with Crippen molar-refractivity contribution in [2.45, 2.75) is 19.9 Å². The topological polar surface area (TPSA) is 58.2 Å². The first-order valence-corrected chi connectivity index (χ1v) is 4.17. The highest BCUT2D eigenvalue weighted by Crippen LogP contribution is 2.01. The van der Waals surface area contributed by atoms with E-state index in [2.05, 4.69) is 17.2 Å². The van der Waals surface area contributed by atoms with E-state index in [9.17, 15) is 9.59 Å². The van der Waals surface area contributed by atoms with Gasteiger partial charge in [0.25, 0.3) is 0 Å². The second kappa shape index (κ2) is 5.35. The molecule has 0 aliphatic carbocycles. The van der Waals surface area contributed by atoms with Crippen LogP contribution in [0.5, 0.6) is 0 Å². The van der Waals surface area contributed by atoms with Crippen LogP contribution in [0.15, 0.2) is 12.7 Å². The Kier molecular flexibility index (Phi) is 4.80. The van der Waals surface area contributed by atoms with E-state index in [4.69, 9.17) is 0 Å². The van der Waals surface area contributed by atoms with Crippen LogP contribution in [0, 0.1) is 5.92 Å². The van der Waals surface area contributed by atoms with Crippen LogP contribution in [0.3, 0.4) is 0 Å². The van der Waals surface area contributed by atoms with Gasteiger partial charge < -0.3 is 10.6 Å². The van der Waals surface area contributed by atoms with Crippen molar-refractivity contribution < 1.29 is 9.59 Å². The zero-order valence-corrected chi connectivity index (χ0v) is 8.26. The third-order valence-electron chi connectivity index (χ3n) is 1.68. The lowest BCUT2D eigenvalue weighted by molar-refractivity contribution is -0.127. The maximum absolute atomic E-state index is 11.2. The van der Waals surface area contributed by atoms with Gasteiger partial charge in [-0.1, -0.05) is 20.4 Å². The Labute approximate surface area is 78.4 Å². The Morgan fingerprint density at radius 1 is 1.38 bits per heavy atom. The smallest absolute Gasteiger partial charge is 0.244 e. The molecule has 0 bridgehead atoms. The highest BCUT2D eigenvalue weighted by molar-refractivity contribution is 5.92. The second-order valence-electron chi connectivity index (χ2n) is 3.05. The summed E-state index contributed by atoms with van der Waals surface area (Å²) in [4.78, 5) is 22.2. The lowest BCUT2D eigenvalue weighted by Crippen LogP contribution is -2.48. The molecule has 0 aromatic rings. The van der Waals surface area contributed by atoms with Crippen LogP contribution in [-0.4, -0.2) is 24.9 Å². The van der Waals surface area contributed by atoms with E-state index in [1.165, 1.54) is 7.05 Å². The minimum Gasteiger partial charge on any atom is -0.357 e. The molecule has 0 heterocycles. The third-order valence-corrected chi connectivity index (χ3v) is 1.68. The zero-order chi connectivity index (χ0) is 10.4. The van der Waals surface area contributed by atoms with Gasteiger partial charge in [-0.2, -0.15) is 0 Å². The molecule has 1 atom stereocenters. The number of carbonyl (C=O) groups is 2. The van der Waals surface area contributed by atoms with E-state index in [1.54, 1.807) is 0 Å². The Morgan fingerprint density at radius 2 is 1.92 bits per heavy atom. The summed E-state index contributed by atoms with van der Waals surface area (Å²) in [6.07, 6.45) is 1.15. The molecule has 0 fully saturated rings. The summed E-state index contributed by atoms with van der Waals surface area (Å²) in [5.74, 6) is -0.462. The van der Waals surface area contributed by atoms with Crippen molar-refractivity contribution in [2.75, 3.05) is 7.05 Å². The summed E-state index contributed by atoms with van der Waals surface area (Å²) in [5, 5.41) is 5.04. The molecule has 0 saturated carbocycles. The van der Waals surface area contributed by atoms with Crippen LogP contribution in [0.25, 0.3) is 0 Å². The van der Waals surface area contributed by atoms with Gasteiger partial charge in [-0.3, -0.25) is 9.59 Å². The molecule has 0 spiro atoms. The molecule has 2 amide bonds. The van der Waals surface area contributed by atoms with E-state index in [0.29, 0.717) is 0 Å². The Bertz CT molecular complexity index is 212. The first-order chi connectivity index (χ1) is 6.02. The van der Waals surface area contributed by atoms with Gasteiger partial charge in [-0.25, -0.2) is 0 Å². The van der Waals surface area contributed by atoms with Crippen molar-refractivity contribution in [2.24, 2.45) is 5.92 Å². The molecule has 0 aliphatic heterocycles. The van der Waals surface area contributed by atoms with Gasteiger partial charge in [0.05, 0.1) is 0 Å². The maximum Gasteiger partial charge on any atom is 0.244 e. The van der Waals surface area contributed by atoms with Crippen molar-refractivity contribution >= 4 is 11.8 Å². The predicted molar refractivity (Wildman–Crippen MR) is 51.0 cm³/mol. The first-order valence-electron chi connectivity index (χ1n) is 4.17.